The van der Waals surface area contributed by atoms with Crippen LogP contribution in [0.2, 0.25) is 5.02 Å². The lowest BCUT2D eigenvalue weighted by molar-refractivity contribution is 0.263. The van der Waals surface area contributed by atoms with Crippen LogP contribution in [-0.4, -0.2) is 46.2 Å². The smallest absolute Gasteiger partial charge is 0.193 e. The van der Waals surface area contributed by atoms with Crippen LogP contribution in [0.1, 0.15) is 18.5 Å². The first kappa shape index (κ1) is 20.0. The second-order valence-electron chi connectivity index (χ2n) is 8.13. The Labute approximate surface area is 186 Å². The first-order chi connectivity index (χ1) is 15.1. The second-order valence-corrected chi connectivity index (χ2v) is 8.57. The number of anilines is 1. The van der Waals surface area contributed by atoms with Gasteiger partial charge in [0.15, 0.2) is 5.58 Å². The first-order valence-corrected chi connectivity index (χ1v) is 10.9. The van der Waals surface area contributed by atoms with E-state index in [-0.39, 0.29) is 0 Å². The number of fused-ring (bicyclic) bond motifs is 1. The molecule has 1 aliphatic heterocycles. The molecular formula is C24H24ClN5O. The molecule has 5 rings (SSSR count). The van der Waals surface area contributed by atoms with Crippen LogP contribution in [0.15, 0.2) is 53.2 Å². The molecule has 0 bridgehead atoms. The average Bonchev–Trinajstić information content (AvgIpc) is 3.16. The molecule has 7 heteroatoms. The van der Waals surface area contributed by atoms with Crippen molar-refractivity contribution in [1.82, 2.24) is 20.0 Å². The molecule has 1 N–H and O–H groups in total. The number of piperidine rings is 1. The van der Waals surface area contributed by atoms with E-state index in [9.17, 15) is 0 Å². The summed E-state index contributed by atoms with van der Waals surface area (Å²) in [5.74, 6) is 0.862. The third kappa shape index (κ3) is 4.01. The van der Waals surface area contributed by atoms with Crippen LogP contribution in [0.5, 0.6) is 0 Å². The zero-order chi connectivity index (χ0) is 21.4. The SMILES string of the molecule is Cc1noc2c(-c3cccnc3NC3CCN(C)CC3)cc(-c3ccc(Cl)cc3)nc12. The molecule has 0 radical (unpaired) electrons. The van der Waals surface area contributed by atoms with Crippen LogP contribution in [0, 0.1) is 6.92 Å². The van der Waals surface area contributed by atoms with Gasteiger partial charge in [-0.1, -0.05) is 28.9 Å². The van der Waals surface area contributed by atoms with Gasteiger partial charge in [0.1, 0.15) is 17.0 Å². The van der Waals surface area contributed by atoms with Gasteiger partial charge in [-0.15, -0.1) is 0 Å². The molecule has 31 heavy (non-hydrogen) atoms. The van der Waals surface area contributed by atoms with Crippen LogP contribution < -0.4 is 5.32 Å². The lowest BCUT2D eigenvalue weighted by Crippen LogP contribution is -2.37. The van der Waals surface area contributed by atoms with E-state index < -0.39 is 0 Å². The fourth-order valence-corrected chi connectivity index (χ4v) is 4.21. The second kappa shape index (κ2) is 8.29. The van der Waals surface area contributed by atoms with Crippen molar-refractivity contribution in [1.29, 1.82) is 0 Å². The van der Waals surface area contributed by atoms with Gasteiger partial charge in [-0.2, -0.15) is 0 Å². The lowest BCUT2D eigenvalue weighted by atomic mass is 10.0. The minimum atomic E-state index is 0.398. The molecule has 0 saturated carbocycles. The average molecular weight is 434 g/mol. The Morgan fingerprint density at radius 2 is 1.87 bits per heavy atom. The fraction of sp³-hybridized carbons (Fsp3) is 0.292. The number of aromatic nitrogens is 3. The van der Waals surface area contributed by atoms with E-state index in [1.54, 1.807) is 0 Å². The van der Waals surface area contributed by atoms with E-state index in [2.05, 4.69) is 33.5 Å². The van der Waals surface area contributed by atoms with Crippen molar-refractivity contribution < 1.29 is 4.52 Å². The molecule has 3 aromatic heterocycles. The van der Waals surface area contributed by atoms with E-state index in [0.29, 0.717) is 16.6 Å². The van der Waals surface area contributed by atoms with Crippen LogP contribution in [0.4, 0.5) is 5.82 Å². The number of likely N-dealkylation sites (tertiary alicyclic amines) is 1. The van der Waals surface area contributed by atoms with E-state index in [1.165, 1.54) is 0 Å². The summed E-state index contributed by atoms with van der Waals surface area (Å²) in [5, 5.41) is 8.55. The summed E-state index contributed by atoms with van der Waals surface area (Å²) < 4.78 is 5.71. The third-order valence-electron chi connectivity index (χ3n) is 5.89. The normalized spacial score (nSPS) is 15.5. The van der Waals surface area contributed by atoms with Crippen LogP contribution >= 0.6 is 11.6 Å². The quantitative estimate of drug-likeness (QED) is 0.463. The van der Waals surface area contributed by atoms with E-state index in [1.807, 2.05) is 49.5 Å². The van der Waals surface area contributed by atoms with Gasteiger partial charge in [-0.3, -0.25) is 0 Å². The molecule has 0 amide bonds. The summed E-state index contributed by atoms with van der Waals surface area (Å²) in [6.07, 6.45) is 4.01. The van der Waals surface area contributed by atoms with Crippen molar-refractivity contribution in [3.63, 3.8) is 0 Å². The van der Waals surface area contributed by atoms with Crippen LogP contribution in [0.3, 0.4) is 0 Å². The lowest BCUT2D eigenvalue weighted by Gasteiger charge is -2.30. The molecule has 1 fully saturated rings. The molecule has 0 atom stereocenters. The van der Waals surface area contributed by atoms with Crippen molar-refractivity contribution in [2.75, 3.05) is 25.5 Å². The predicted molar refractivity (Wildman–Crippen MR) is 124 cm³/mol. The Hall–Kier alpha value is -2.96. The number of benzene rings is 1. The number of halogens is 1. The van der Waals surface area contributed by atoms with Crippen molar-refractivity contribution in [3.8, 4) is 22.4 Å². The first-order valence-electron chi connectivity index (χ1n) is 10.5. The van der Waals surface area contributed by atoms with Gasteiger partial charge in [0, 0.05) is 34.0 Å². The number of hydrogen-bond acceptors (Lipinski definition) is 6. The van der Waals surface area contributed by atoms with Crippen molar-refractivity contribution in [2.24, 2.45) is 0 Å². The molecule has 0 spiro atoms. The molecular weight excluding hydrogens is 410 g/mol. The largest absolute Gasteiger partial charge is 0.367 e. The fourth-order valence-electron chi connectivity index (χ4n) is 4.08. The van der Waals surface area contributed by atoms with Gasteiger partial charge in [0.05, 0.1) is 5.69 Å². The van der Waals surface area contributed by atoms with E-state index >= 15 is 0 Å². The molecule has 0 aliphatic carbocycles. The highest BCUT2D eigenvalue weighted by Crippen LogP contribution is 2.36. The molecule has 6 nitrogen and oxygen atoms in total. The standard InChI is InChI=1S/C24H24ClN5O/c1-15-22-23(31-29-15)20(14-21(28-22)16-5-7-17(25)8-6-16)19-4-3-11-26-24(19)27-18-9-12-30(2)13-10-18/h3-8,11,14,18H,9-10,12-13H2,1-2H3,(H,26,27). The highest BCUT2D eigenvalue weighted by Gasteiger charge is 2.21. The van der Waals surface area contributed by atoms with Gasteiger partial charge in [0.25, 0.3) is 0 Å². The number of nitrogens with one attached hydrogen (secondary N) is 1. The molecule has 1 aliphatic rings. The Bertz CT molecular complexity index is 1210. The number of aryl methyl sites for hydroxylation is 1. The van der Waals surface area contributed by atoms with E-state index in [4.69, 9.17) is 21.1 Å². The number of rotatable bonds is 4. The van der Waals surface area contributed by atoms with Crippen LogP contribution in [-0.2, 0) is 0 Å². The van der Waals surface area contributed by atoms with E-state index in [0.717, 1.165) is 65.3 Å². The van der Waals surface area contributed by atoms with Gasteiger partial charge in [-0.05, 0) is 70.2 Å². The zero-order valence-corrected chi connectivity index (χ0v) is 18.4. The maximum Gasteiger partial charge on any atom is 0.193 e. The molecule has 1 aromatic carbocycles. The summed E-state index contributed by atoms with van der Waals surface area (Å²) in [7, 11) is 2.17. The maximum atomic E-state index is 6.09. The minimum absolute atomic E-state index is 0.398. The minimum Gasteiger partial charge on any atom is -0.367 e. The summed E-state index contributed by atoms with van der Waals surface area (Å²) in [6.45, 7) is 4.08. The van der Waals surface area contributed by atoms with Gasteiger partial charge in [-0.25, -0.2) is 9.97 Å². The molecule has 4 aromatic rings. The highest BCUT2D eigenvalue weighted by molar-refractivity contribution is 6.30. The molecule has 4 heterocycles. The summed E-state index contributed by atoms with van der Waals surface area (Å²) >= 11 is 6.09. The Kier molecular flexibility index (Phi) is 5.34. The van der Waals surface area contributed by atoms with Gasteiger partial charge >= 0.3 is 0 Å². The summed E-state index contributed by atoms with van der Waals surface area (Å²) in [5.41, 5.74) is 5.95. The summed E-state index contributed by atoms with van der Waals surface area (Å²) in [4.78, 5) is 11.9. The van der Waals surface area contributed by atoms with Gasteiger partial charge < -0.3 is 14.7 Å². The third-order valence-corrected chi connectivity index (χ3v) is 6.14. The van der Waals surface area contributed by atoms with Crippen molar-refractivity contribution in [2.45, 2.75) is 25.8 Å². The van der Waals surface area contributed by atoms with Crippen molar-refractivity contribution in [3.05, 3.63) is 59.4 Å². The Morgan fingerprint density at radius 1 is 1.10 bits per heavy atom. The highest BCUT2D eigenvalue weighted by atomic mass is 35.5. The number of pyridine rings is 2. The van der Waals surface area contributed by atoms with Crippen molar-refractivity contribution >= 4 is 28.5 Å². The maximum absolute atomic E-state index is 6.09. The Balaban J connectivity index is 1.61. The van der Waals surface area contributed by atoms with Gasteiger partial charge in [0.2, 0.25) is 0 Å². The topological polar surface area (TPSA) is 67.1 Å². The zero-order valence-electron chi connectivity index (χ0n) is 17.6. The predicted octanol–water partition coefficient (Wildman–Crippen LogP) is 5.42. The monoisotopic (exact) mass is 433 g/mol. The Morgan fingerprint density at radius 3 is 2.65 bits per heavy atom. The number of hydrogen-bond donors (Lipinski definition) is 1. The molecule has 0 unspecified atom stereocenters. The summed E-state index contributed by atoms with van der Waals surface area (Å²) in [6, 6.07) is 14.2. The van der Waals surface area contributed by atoms with Crippen LogP contribution in [0.25, 0.3) is 33.5 Å². The number of nitrogens with zero attached hydrogens (tertiary/aromatic N) is 4. The molecule has 158 valence electrons. The molecule has 1 saturated heterocycles.